The van der Waals surface area contributed by atoms with Gasteiger partial charge in [-0.1, -0.05) is 41.7 Å². The number of nitrogens with zero attached hydrogens (tertiary/aromatic N) is 1. The highest BCUT2D eigenvalue weighted by Crippen LogP contribution is 1.98. The van der Waals surface area contributed by atoms with E-state index in [2.05, 4.69) is 45.9 Å². The Morgan fingerprint density at radius 1 is 1.15 bits per heavy atom. The third-order valence-corrected chi connectivity index (χ3v) is 2.41. The van der Waals surface area contributed by atoms with E-state index in [0.717, 1.165) is 6.54 Å². The normalized spacial score (nSPS) is 9.23. The van der Waals surface area contributed by atoms with Gasteiger partial charge in [0.05, 0.1) is 5.38 Å². The van der Waals surface area contributed by atoms with Crippen molar-refractivity contribution in [3.05, 3.63) is 53.0 Å². The van der Waals surface area contributed by atoms with Crippen LogP contribution in [-0.4, -0.2) is 0 Å². The van der Waals surface area contributed by atoms with Gasteiger partial charge in [-0.25, -0.2) is 0 Å². The van der Waals surface area contributed by atoms with Crippen LogP contribution < -0.4 is 21.5 Å². The molecular formula is C10H10BrNS. The predicted octanol–water partition coefficient (Wildman–Crippen LogP) is -0.912. The molecule has 0 aliphatic heterocycles. The van der Waals surface area contributed by atoms with E-state index in [0.29, 0.717) is 0 Å². The molecule has 1 aromatic carbocycles. The summed E-state index contributed by atoms with van der Waals surface area (Å²) >= 11 is 1.72. The van der Waals surface area contributed by atoms with Crippen LogP contribution in [0, 0.1) is 0 Å². The monoisotopic (exact) mass is 255 g/mol. The van der Waals surface area contributed by atoms with E-state index in [9.17, 15) is 0 Å². The lowest BCUT2D eigenvalue weighted by atomic mass is 10.2. The Hall–Kier alpha value is -0.670. The zero-order valence-corrected chi connectivity index (χ0v) is 9.46. The molecule has 0 spiro atoms. The largest absolute Gasteiger partial charge is 1.00 e. The van der Waals surface area contributed by atoms with Gasteiger partial charge in [-0.15, -0.1) is 0 Å². The van der Waals surface area contributed by atoms with E-state index < -0.39 is 0 Å². The Kier molecular flexibility index (Phi) is 4.12. The first-order valence-corrected chi connectivity index (χ1v) is 4.84. The van der Waals surface area contributed by atoms with Crippen LogP contribution in [0.1, 0.15) is 5.56 Å². The van der Waals surface area contributed by atoms with Crippen LogP contribution >= 0.6 is 11.3 Å². The van der Waals surface area contributed by atoms with Gasteiger partial charge in [0.2, 0.25) is 5.51 Å². The molecule has 0 saturated heterocycles. The van der Waals surface area contributed by atoms with Crippen molar-refractivity contribution in [1.82, 2.24) is 0 Å². The highest BCUT2D eigenvalue weighted by atomic mass is 79.9. The summed E-state index contributed by atoms with van der Waals surface area (Å²) in [6, 6.07) is 10.5. The Bertz CT molecular complexity index is 331. The van der Waals surface area contributed by atoms with Gasteiger partial charge in [0, 0.05) is 5.56 Å². The van der Waals surface area contributed by atoms with Gasteiger partial charge in [0.15, 0.2) is 12.7 Å². The molecule has 0 radical (unpaired) electrons. The number of rotatable bonds is 2. The summed E-state index contributed by atoms with van der Waals surface area (Å²) in [7, 11) is 0. The first-order valence-electron chi connectivity index (χ1n) is 3.90. The van der Waals surface area contributed by atoms with Crippen molar-refractivity contribution in [2.75, 3.05) is 0 Å². The van der Waals surface area contributed by atoms with Crippen molar-refractivity contribution >= 4 is 11.3 Å². The van der Waals surface area contributed by atoms with Crippen LogP contribution in [0.4, 0.5) is 0 Å². The van der Waals surface area contributed by atoms with E-state index in [1.54, 1.807) is 11.3 Å². The molecule has 13 heavy (non-hydrogen) atoms. The van der Waals surface area contributed by atoms with Gasteiger partial charge in [0.25, 0.3) is 0 Å². The van der Waals surface area contributed by atoms with E-state index in [1.807, 2.05) is 6.07 Å². The molecule has 0 bridgehead atoms. The lowest BCUT2D eigenvalue weighted by molar-refractivity contribution is -0.683. The van der Waals surface area contributed by atoms with E-state index in [4.69, 9.17) is 0 Å². The zero-order valence-electron chi connectivity index (χ0n) is 7.06. The average molecular weight is 256 g/mol. The fourth-order valence-electron chi connectivity index (χ4n) is 1.15. The second-order valence-corrected chi connectivity index (χ2v) is 3.44. The molecule has 1 heterocycles. The van der Waals surface area contributed by atoms with Gasteiger partial charge in [-0.05, 0) is 0 Å². The first-order chi connectivity index (χ1) is 5.95. The SMILES string of the molecule is [Br-].c1ccc(C[n+]2ccsc2)cc1. The van der Waals surface area contributed by atoms with E-state index >= 15 is 0 Å². The van der Waals surface area contributed by atoms with Gasteiger partial charge in [0.1, 0.15) is 0 Å². The van der Waals surface area contributed by atoms with Gasteiger partial charge in [-0.2, -0.15) is 4.57 Å². The molecule has 0 aliphatic carbocycles. The lowest BCUT2D eigenvalue weighted by Gasteiger charge is -1.92. The first kappa shape index (κ1) is 10.4. The van der Waals surface area contributed by atoms with E-state index in [1.165, 1.54) is 5.56 Å². The minimum Gasteiger partial charge on any atom is -1.00 e. The maximum absolute atomic E-state index is 2.18. The van der Waals surface area contributed by atoms with Crippen molar-refractivity contribution < 1.29 is 21.5 Å². The zero-order chi connectivity index (χ0) is 8.23. The third-order valence-electron chi connectivity index (χ3n) is 1.74. The van der Waals surface area contributed by atoms with Gasteiger partial charge >= 0.3 is 0 Å². The summed E-state index contributed by atoms with van der Waals surface area (Å²) in [5.41, 5.74) is 3.47. The predicted molar refractivity (Wildman–Crippen MR) is 50.1 cm³/mol. The minimum atomic E-state index is 0. The highest BCUT2D eigenvalue weighted by Gasteiger charge is 1.99. The summed E-state index contributed by atoms with van der Waals surface area (Å²) in [5, 5.41) is 2.09. The van der Waals surface area contributed by atoms with Crippen LogP contribution in [0.25, 0.3) is 0 Å². The highest BCUT2D eigenvalue weighted by molar-refractivity contribution is 7.07. The average Bonchev–Trinajstić information content (AvgIpc) is 2.59. The Balaban J connectivity index is 0.000000845. The molecule has 0 amide bonds. The van der Waals surface area contributed by atoms with Gasteiger partial charge in [-0.3, -0.25) is 0 Å². The molecule has 68 valence electrons. The van der Waals surface area contributed by atoms with Crippen molar-refractivity contribution in [3.8, 4) is 0 Å². The Morgan fingerprint density at radius 2 is 1.92 bits per heavy atom. The molecule has 1 aromatic heterocycles. The maximum Gasteiger partial charge on any atom is 0.224 e. The van der Waals surface area contributed by atoms with Crippen molar-refractivity contribution in [2.24, 2.45) is 0 Å². The van der Waals surface area contributed by atoms with Crippen LogP contribution in [0.2, 0.25) is 0 Å². The second kappa shape index (κ2) is 5.14. The number of hydrogen-bond donors (Lipinski definition) is 0. The van der Waals surface area contributed by atoms with E-state index in [-0.39, 0.29) is 17.0 Å². The van der Waals surface area contributed by atoms with Crippen molar-refractivity contribution in [2.45, 2.75) is 6.54 Å². The molecule has 0 aliphatic rings. The number of aromatic nitrogens is 1. The molecule has 0 N–H and O–H groups in total. The number of halogens is 1. The molecule has 2 aromatic rings. The summed E-state index contributed by atoms with van der Waals surface area (Å²) in [6.07, 6.45) is 2.09. The summed E-state index contributed by atoms with van der Waals surface area (Å²) in [5.74, 6) is 0. The standard InChI is InChI=1S/C10H10NS.BrH/c1-2-4-10(5-3-1)8-11-6-7-12-9-11;/h1-7,9H,8H2;1H/q+1;/p-1. The Morgan fingerprint density at radius 3 is 2.54 bits per heavy atom. The second-order valence-electron chi connectivity index (χ2n) is 2.68. The number of benzene rings is 1. The molecule has 0 fully saturated rings. The maximum atomic E-state index is 2.18. The Labute approximate surface area is 92.4 Å². The number of hydrogen-bond acceptors (Lipinski definition) is 1. The summed E-state index contributed by atoms with van der Waals surface area (Å²) in [4.78, 5) is 0. The topological polar surface area (TPSA) is 3.88 Å². The third kappa shape index (κ3) is 2.94. The number of thiazole rings is 1. The van der Waals surface area contributed by atoms with Gasteiger partial charge < -0.3 is 17.0 Å². The fourth-order valence-corrected chi connectivity index (χ4v) is 1.74. The van der Waals surface area contributed by atoms with Crippen LogP contribution in [0.3, 0.4) is 0 Å². The summed E-state index contributed by atoms with van der Waals surface area (Å²) in [6.45, 7) is 0.977. The molecule has 0 atom stereocenters. The molecule has 0 saturated carbocycles. The van der Waals surface area contributed by atoms with Crippen LogP contribution in [-0.2, 0) is 6.54 Å². The smallest absolute Gasteiger partial charge is 0.224 e. The molecule has 2 rings (SSSR count). The molecular weight excluding hydrogens is 246 g/mol. The molecule has 3 heteroatoms. The van der Waals surface area contributed by atoms with Crippen molar-refractivity contribution in [3.63, 3.8) is 0 Å². The summed E-state index contributed by atoms with van der Waals surface area (Å²) < 4.78 is 2.18. The van der Waals surface area contributed by atoms with Crippen LogP contribution in [0.5, 0.6) is 0 Å². The quantitative estimate of drug-likeness (QED) is 0.612. The fraction of sp³-hybridized carbons (Fsp3) is 0.100. The minimum absolute atomic E-state index is 0. The van der Waals surface area contributed by atoms with Crippen LogP contribution in [0.15, 0.2) is 47.4 Å². The molecule has 1 nitrogen and oxygen atoms in total. The van der Waals surface area contributed by atoms with Crippen molar-refractivity contribution in [1.29, 1.82) is 0 Å². The molecule has 0 unspecified atom stereocenters. The lowest BCUT2D eigenvalue weighted by Crippen LogP contribution is -3.00.